The maximum Gasteiger partial charge on any atom is 0.332 e. The number of hydrogen-bond donors (Lipinski definition) is 2. The Morgan fingerprint density at radius 3 is 2.59 bits per heavy atom. The van der Waals surface area contributed by atoms with Crippen LogP contribution >= 0.6 is 0 Å². The first-order valence-electron chi connectivity index (χ1n) is 5.91. The van der Waals surface area contributed by atoms with Crippen molar-refractivity contribution in [2.24, 2.45) is 11.7 Å². The summed E-state index contributed by atoms with van der Waals surface area (Å²) in [4.78, 5) is 24.5. The minimum Gasteiger partial charge on any atom is -0.464 e. The lowest BCUT2D eigenvalue weighted by Gasteiger charge is -2.47. The second kappa shape index (κ2) is 4.27. The van der Waals surface area contributed by atoms with Gasteiger partial charge in [-0.1, -0.05) is 0 Å². The zero-order valence-electron chi connectivity index (χ0n) is 9.89. The average molecular weight is 242 g/mol. The molecule has 17 heavy (non-hydrogen) atoms. The zero-order valence-corrected chi connectivity index (χ0v) is 9.89. The molecule has 6 nitrogen and oxygen atoms in total. The van der Waals surface area contributed by atoms with Gasteiger partial charge in [0.15, 0.2) is 6.04 Å². The summed E-state index contributed by atoms with van der Waals surface area (Å²) < 4.78 is 4.68. The van der Waals surface area contributed by atoms with E-state index in [-0.39, 0.29) is 19.7 Å². The Kier molecular flexibility index (Phi) is 3.09. The highest BCUT2D eigenvalue weighted by Crippen LogP contribution is 2.44. The van der Waals surface area contributed by atoms with Gasteiger partial charge in [0.25, 0.3) is 5.91 Å². The van der Waals surface area contributed by atoms with Gasteiger partial charge in [0.2, 0.25) is 0 Å². The number of carbonyl (C=O) groups excluding carboxylic acids is 2. The molecule has 1 aliphatic heterocycles. The van der Waals surface area contributed by atoms with E-state index < -0.39 is 23.5 Å². The van der Waals surface area contributed by atoms with Gasteiger partial charge in [0.1, 0.15) is 5.60 Å². The van der Waals surface area contributed by atoms with Crippen LogP contribution in [0, 0.1) is 5.92 Å². The van der Waals surface area contributed by atoms with E-state index in [9.17, 15) is 14.7 Å². The van der Waals surface area contributed by atoms with E-state index in [1.807, 2.05) is 0 Å². The highest BCUT2D eigenvalue weighted by atomic mass is 16.5. The molecule has 3 N–H and O–H groups in total. The van der Waals surface area contributed by atoms with E-state index in [0.29, 0.717) is 5.92 Å². The molecule has 2 rings (SSSR count). The summed E-state index contributed by atoms with van der Waals surface area (Å²) in [5.41, 5.74) is 4.74. The van der Waals surface area contributed by atoms with E-state index in [1.165, 1.54) is 4.90 Å². The molecule has 1 unspecified atom stereocenters. The molecule has 1 aliphatic carbocycles. The molecule has 0 bridgehead atoms. The smallest absolute Gasteiger partial charge is 0.332 e. The fourth-order valence-electron chi connectivity index (χ4n) is 2.18. The number of carbonyl (C=O) groups is 2. The summed E-state index contributed by atoms with van der Waals surface area (Å²) in [6.07, 6.45) is 2.03. The summed E-state index contributed by atoms with van der Waals surface area (Å²) >= 11 is 0. The number of rotatable bonds is 4. The molecule has 1 saturated heterocycles. The van der Waals surface area contributed by atoms with Crippen LogP contribution in [0.3, 0.4) is 0 Å². The molecule has 1 atom stereocenters. The maximum absolute atomic E-state index is 11.8. The van der Waals surface area contributed by atoms with E-state index in [0.717, 1.165) is 12.8 Å². The van der Waals surface area contributed by atoms with Gasteiger partial charge in [-0.25, -0.2) is 4.79 Å². The molecular formula is C11H18N2O4. The number of nitrogens with two attached hydrogens (primary N) is 1. The third kappa shape index (κ3) is 2.28. The lowest BCUT2D eigenvalue weighted by Crippen LogP contribution is -2.67. The first-order chi connectivity index (χ1) is 7.98. The van der Waals surface area contributed by atoms with Gasteiger partial charge in [-0.3, -0.25) is 4.79 Å². The van der Waals surface area contributed by atoms with Crippen molar-refractivity contribution in [1.82, 2.24) is 4.90 Å². The van der Waals surface area contributed by atoms with Crippen LogP contribution in [0.4, 0.5) is 0 Å². The molecule has 2 fully saturated rings. The number of likely N-dealkylation sites (tertiary alicyclic amines) is 1. The van der Waals surface area contributed by atoms with Gasteiger partial charge in [0.05, 0.1) is 19.7 Å². The predicted molar refractivity (Wildman–Crippen MR) is 58.9 cm³/mol. The van der Waals surface area contributed by atoms with E-state index in [4.69, 9.17) is 5.73 Å². The summed E-state index contributed by atoms with van der Waals surface area (Å²) in [5, 5.41) is 10.0. The van der Waals surface area contributed by atoms with Crippen molar-refractivity contribution in [3.05, 3.63) is 0 Å². The largest absolute Gasteiger partial charge is 0.464 e. The SMILES string of the molecule is CCOC(=O)C(N)C(=O)N1CC(O)(C2CC2)C1. The van der Waals surface area contributed by atoms with Crippen molar-refractivity contribution >= 4 is 11.9 Å². The number of hydrogen-bond acceptors (Lipinski definition) is 5. The first-order valence-corrected chi connectivity index (χ1v) is 5.91. The molecule has 0 aromatic carbocycles. The highest BCUT2D eigenvalue weighted by molar-refractivity contribution is 6.02. The van der Waals surface area contributed by atoms with Crippen molar-refractivity contribution in [3.8, 4) is 0 Å². The molecule has 0 radical (unpaired) electrons. The van der Waals surface area contributed by atoms with Crippen molar-refractivity contribution in [3.63, 3.8) is 0 Å². The quantitative estimate of drug-likeness (QED) is 0.480. The Labute approximate surface area is 99.7 Å². The molecule has 96 valence electrons. The Bertz CT molecular complexity index is 334. The first kappa shape index (κ1) is 12.3. The number of ether oxygens (including phenoxy) is 1. The molecular weight excluding hydrogens is 224 g/mol. The molecule has 6 heteroatoms. The van der Waals surface area contributed by atoms with E-state index >= 15 is 0 Å². The zero-order chi connectivity index (χ0) is 12.6. The van der Waals surface area contributed by atoms with Crippen LogP contribution in [0.25, 0.3) is 0 Å². The Balaban J connectivity index is 1.83. The summed E-state index contributed by atoms with van der Waals surface area (Å²) in [6, 6.07) is -1.27. The van der Waals surface area contributed by atoms with Crippen LogP contribution in [0.15, 0.2) is 0 Å². The summed E-state index contributed by atoms with van der Waals surface area (Å²) in [7, 11) is 0. The fourth-order valence-corrected chi connectivity index (χ4v) is 2.18. The predicted octanol–water partition coefficient (Wildman–Crippen LogP) is -1.14. The van der Waals surface area contributed by atoms with Crippen molar-refractivity contribution in [2.75, 3.05) is 19.7 Å². The molecule has 0 aromatic heterocycles. The second-order valence-corrected chi connectivity index (χ2v) is 4.80. The minimum absolute atomic E-state index is 0.200. The Morgan fingerprint density at radius 1 is 1.53 bits per heavy atom. The molecule has 2 aliphatic rings. The third-order valence-electron chi connectivity index (χ3n) is 3.38. The van der Waals surface area contributed by atoms with Crippen LogP contribution in [-0.2, 0) is 14.3 Å². The highest BCUT2D eigenvalue weighted by Gasteiger charge is 2.54. The third-order valence-corrected chi connectivity index (χ3v) is 3.38. The molecule has 1 amide bonds. The molecule has 1 heterocycles. The minimum atomic E-state index is -1.27. The Hall–Kier alpha value is -1.14. The van der Waals surface area contributed by atoms with Gasteiger partial charge >= 0.3 is 5.97 Å². The van der Waals surface area contributed by atoms with Crippen LogP contribution in [0.1, 0.15) is 19.8 Å². The fraction of sp³-hybridized carbons (Fsp3) is 0.818. The molecule has 0 aromatic rings. The standard InChI is InChI=1S/C11H18N2O4/c1-2-17-10(15)8(12)9(14)13-5-11(16,6-13)7-3-4-7/h7-8,16H,2-6,12H2,1H3. The van der Waals surface area contributed by atoms with Gasteiger partial charge < -0.3 is 20.5 Å². The van der Waals surface area contributed by atoms with Crippen molar-refractivity contribution in [1.29, 1.82) is 0 Å². The summed E-state index contributed by atoms with van der Waals surface area (Å²) in [5.74, 6) is -0.862. The van der Waals surface area contributed by atoms with Gasteiger partial charge in [-0.05, 0) is 25.7 Å². The lowest BCUT2D eigenvalue weighted by molar-refractivity contribution is -0.166. The maximum atomic E-state index is 11.8. The van der Waals surface area contributed by atoms with Gasteiger partial charge in [-0.2, -0.15) is 0 Å². The van der Waals surface area contributed by atoms with E-state index in [2.05, 4.69) is 4.74 Å². The van der Waals surface area contributed by atoms with Crippen molar-refractivity contribution in [2.45, 2.75) is 31.4 Å². The number of aliphatic hydroxyl groups is 1. The number of nitrogens with zero attached hydrogens (tertiary/aromatic N) is 1. The van der Waals surface area contributed by atoms with Crippen LogP contribution in [0.5, 0.6) is 0 Å². The van der Waals surface area contributed by atoms with Crippen molar-refractivity contribution < 1.29 is 19.4 Å². The summed E-state index contributed by atoms with van der Waals surface area (Å²) in [6.45, 7) is 2.42. The number of amides is 1. The van der Waals surface area contributed by atoms with Gasteiger partial charge in [0, 0.05) is 0 Å². The van der Waals surface area contributed by atoms with E-state index in [1.54, 1.807) is 6.92 Å². The van der Waals surface area contributed by atoms with Crippen LogP contribution < -0.4 is 5.73 Å². The monoisotopic (exact) mass is 242 g/mol. The number of β-amino-alcohol motifs (C(OH)–C–C–N with tert-alkyl or cyclic N) is 1. The van der Waals surface area contributed by atoms with Crippen LogP contribution in [0.2, 0.25) is 0 Å². The Morgan fingerprint density at radius 2 is 2.12 bits per heavy atom. The normalized spacial score (nSPS) is 23.8. The molecule has 1 saturated carbocycles. The number of esters is 1. The average Bonchev–Trinajstić information content (AvgIpc) is 3.07. The topological polar surface area (TPSA) is 92.9 Å². The van der Waals surface area contributed by atoms with Gasteiger partial charge in [-0.15, -0.1) is 0 Å². The lowest BCUT2D eigenvalue weighted by atomic mass is 9.88. The second-order valence-electron chi connectivity index (χ2n) is 4.80. The molecule has 0 spiro atoms. The van der Waals surface area contributed by atoms with Crippen LogP contribution in [-0.4, -0.2) is 53.2 Å².